The molecule has 0 saturated carbocycles. The Morgan fingerprint density at radius 3 is 2.54 bits per heavy atom. The van der Waals surface area contributed by atoms with Gasteiger partial charge < -0.3 is 4.74 Å². The number of halogens is 3. The topological polar surface area (TPSA) is 56.5 Å². The van der Waals surface area contributed by atoms with E-state index in [0.717, 1.165) is 31.2 Å². The van der Waals surface area contributed by atoms with Gasteiger partial charge in [-0.05, 0) is 88.0 Å². The summed E-state index contributed by atoms with van der Waals surface area (Å²) in [5, 5.41) is 4.87. The second kappa shape index (κ2) is 8.88. The quantitative estimate of drug-likeness (QED) is 0.350. The maximum Gasteiger partial charge on any atom is 0.282 e. The summed E-state index contributed by atoms with van der Waals surface area (Å²) in [5.41, 5.74) is 1.25. The van der Waals surface area contributed by atoms with Crippen molar-refractivity contribution in [3.8, 4) is 5.75 Å². The van der Waals surface area contributed by atoms with Crippen LogP contribution in [0.1, 0.15) is 31.7 Å². The van der Waals surface area contributed by atoms with Crippen molar-refractivity contribution >= 4 is 64.9 Å². The number of aryl methyl sites for hydroxylation is 1. The number of fused-ring (bicyclic) bond motifs is 1. The highest BCUT2D eigenvalue weighted by Gasteiger charge is 2.12. The zero-order valence-electron chi connectivity index (χ0n) is 15.5. The Morgan fingerprint density at radius 1 is 1.21 bits per heavy atom. The standard InChI is InChI=1S/C20H18Br3N3O2/c1-4-11(2)28-19-16(22)7-13(8-17(19)23)10-24-26-12(3)25-18-6-5-14(21)9-15(18)20(26)27/h5-11H,4H2,1-3H3/t11-/m1/s1. The molecule has 0 spiro atoms. The van der Waals surface area contributed by atoms with Crippen LogP contribution in [0, 0.1) is 6.92 Å². The SMILES string of the molecule is CC[C@@H](C)Oc1c(Br)cc(C=Nn2c(C)nc3ccc(Br)cc3c2=O)cc1Br. The lowest BCUT2D eigenvalue weighted by atomic mass is 10.2. The molecule has 1 atom stereocenters. The average molecular weight is 572 g/mol. The molecule has 3 aromatic rings. The maximum atomic E-state index is 12.8. The van der Waals surface area contributed by atoms with Gasteiger partial charge >= 0.3 is 0 Å². The molecule has 146 valence electrons. The van der Waals surface area contributed by atoms with Gasteiger partial charge in [0.25, 0.3) is 5.56 Å². The van der Waals surface area contributed by atoms with Gasteiger partial charge in [0.15, 0.2) is 0 Å². The molecule has 0 bridgehead atoms. The largest absolute Gasteiger partial charge is 0.488 e. The van der Waals surface area contributed by atoms with E-state index in [9.17, 15) is 4.79 Å². The Hall–Kier alpha value is -1.51. The molecule has 0 aliphatic carbocycles. The molecule has 0 aliphatic heterocycles. The second-order valence-corrected chi connectivity index (χ2v) is 8.96. The summed E-state index contributed by atoms with van der Waals surface area (Å²) >= 11 is 10.5. The van der Waals surface area contributed by atoms with E-state index in [4.69, 9.17) is 4.74 Å². The molecule has 0 amide bonds. The van der Waals surface area contributed by atoms with Gasteiger partial charge in [-0.3, -0.25) is 4.79 Å². The van der Waals surface area contributed by atoms with Crippen LogP contribution in [-0.4, -0.2) is 22.0 Å². The summed E-state index contributed by atoms with van der Waals surface area (Å²) in [6.07, 6.45) is 2.65. The number of rotatable bonds is 5. The van der Waals surface area contributed by atoms with E-state index < -0.39 is 0 Å². The summed E-state index contributed by atoms with van der Waals surface area (Å²) in [7, 11) is 0. The van der Waals surface area contributed by atoms with Gasteiger partial charge in [-0.1, -0.05) is 22.9 Å². The van der Waals surface area contributed by atoms with Crippen LogP contribution in [-0.2, 0) is 0 Å². The molecule has 5 nitrogen and oxygen atoms in total. The third-order valence-corrected chi connectivity index (χ3v) is 5.88. The van der Waals surface area contributed by atoms with E-state index in [1.54, 1.807) is 19.2 Å². The van der Waals surface area contributed by atoms with Crippen molar-refractivity contribution < 1.29 is 4.74 Å². The fourth-order valence-electron chi connectivity index (χ4n) is 2.57. The lowest BCUT2D eigenvalue weighted by Gasteiger charge is -2.16. The minimum Gasteiger partial charge on any atom is -0.488 e. The molecule has 0 aliphatic rings. The lowest BCUT2D eigenvalue weighted by Crippen LogP contribution is -2.20. The molecule has 28 heavy (non-hydrogen) atoms. The molecule has 3 rings (SSSR count). The van der Waals surface area contributed by atoms with Crippen LogP contribution in [0.3, 0.4) is 0 Å². The van der Waals surface area contributed by atoms with Crippen molar-refractivity contribution in [2.24, 2.45) is 5.10 Å². The number of benzene rings is 2. The molecule has 0 radical (unpaired) electrons. The molecule has 1 aromatic heterocycles. The van der Waals surface area contributed by atoms with Crippen molar-refractivity contribution in [3.05, 3.63) is 65.5 Å². The second-order valence-electron chi connectivity index (χ2n) is 6.33. The van der Waals surface area contributed by atoms with E-state index in [1.807, 2.05) is 31.2 Å². The summed E-state index contributed by atoms with van der Waals surface area (Å²) in [6, 6.07) is 9.23. The minimum absolute atomic E-state index is 0.108. The predicted molar refractivity (Wildman–Crippen MR) is 124 cm³/mol. The first-order chi connectivity index (χ1) is 13.3. The van der Waals surface area contributed by atoms with Crippen LogP contribution in [0.5, 0.6) is 5.75 Å². The molecular formula is C20H18Br3N3O2. The summed E-state index contributed by atoms with van der Waals surface area (Å²) < 4.78 is 9.69. The lowest BCUT2D eigenvalue weighted by molar-refractivity contribution is 0.214. The first-order valence-corrected chi connectivity index (χ1v) is 11.1. The van der Waals surface area contributed by atoms with Crippen LogP contribution in [0.2, 0.25) is 0 Å². The number of hydrogen-bond donors (Lipinski definition) is 0. The zero-order valence-corrected chi connectivity index (χ0v) is 20.3. The number of aromatic nitrogens is 2. The molecule has 0 unspecified atom stereocenters. The molecule has 0 saturated heterocycles. The molecular weight excluding hydrogens is 554 g/mol. The third kappa shape index (κ3) is 4.55. The number of nitrogens with zero attached hydrogens (tertiary/aromatic N) is 3. The first-order valence-electron chi connectivity index (χ1n) is 8.69. The van der Waals surface area contributed by atoms with Gasteiger partial charge in [-0.15, -0.1) is 0 Å². The van der Waals surface area contributed by atoms with E-state index >= 15 is 0 Å². The van der Waals surface area contributed by atoms with Gasteiger partial charge in [0.2, 0.25) is 0 Å². The van der Waals surface area contributed by atoms with Crippen LogP contribution >= 0.6 is 47.8 Å². The van der Waals surface area contributed by atoms with Crippen molar-refractivity contribution in [3.63, 3.8) is 0 Å². The van der Waals surface area contributed by atoms with Gasteiger partial charge in [0.05, 0.1) is 32.2 Å². The fourth-order valence-corrected chi connectivity index (χ4v) is 4.34. The van der Waals surface area contributed by atoms with Crippen LogP contribution < -0.4 is 10.3 Å². The molecule has 2 aromatic carbocycles. The van der Waals surface area contributed by atoms with E-state index in [2.05, 4.69) is 64.8 Å². The van der Waals surface area contributed by atoms with E-state index in [-0.39, 0.29) is 11.7 Å². The third-order valence-electron chi connectivity index (χ3n) is 4.21. The monoisotopic (exact) mass is 569 g/mol. The fraction of sp³-hybridized carbons (Fsp3) is 0.250. The van der Waals surface area contributed by atoms with Crippen molar-refractivity contribution in [2.75, 3.05) is 0 Å². The van der Waals surface area contributed by atoms with Crippen molar-refractivity contribution in [1.29, 1.82) is 0 Å². The number of ether oxygens (including phenoxy) is 1. The van der Waals surface area contributed by atoms with Crippen molar-refractivity contribution in [2.45, 2.75) is 33.3 Å². The minimum atomic E-state index is -0.213. The first kappa shape index (κ1) is 21.2. The maximum absolute atomic E-state index is 12.8. The van der Waals surface area contributed by atoms with Crippen LogP contribution in [0.4, 0.5) is 0 Å². The van der Waals surface area contributed by atoms with Gasteiger partial charge in [0, 0.05) is 4.47 Å². The van der Waals surface area contributed by atoms with Crippen molar-refractivity contribution in [1.82, 2.24) is 9.66 Å². The van der Waals surface area contributed by atoms with Gasteiger partial charge in [-0.2, -0.15) is 9.78 Å². The highest BCUT2D eigenvalue weighted by Crippen LogP contribution is 2.35. The normalized spacial score (nSPS) is 12.6. The summed E-state index contributed by atoms with van der Waals surface area (Å²) in [4.78, 5) is 17.3. The Morgan fingerprint density at radius 2 is 1.89 bits per heavy atom. The zero-order chi connectivity index (χ0) is 20.4. The molecule has 0 fully saturated rings. The Kier molecular flexibility index (Phi) is 6.73. The van der Waals surface area contributed by atoms with Crippen LogP contribution in [0.15, 0.2) is 53.6 Å². The summed E-state index contributed by atoms with van der Waals surface area (Å²) in [5.74, 6) is 1.27. The van der Waals surface area contributed by atoms with Crippen LogP contribution in [0.25, 0.3) is 10.9 Å². The summed E-state index contributed by atoms with van der Waals surface area (Å²) in [6.45, 7) is 5.85. The highest BCUT2D eigenvalue weighted by atomic mass is 79.9. The van der Waals surface area contributed by atoms with E-state index in [1.165, 1.54) is 4.68 Å². The smallest absolute Gasteiger partial charge is 0.282 e. The Balaban J connectivity index is 1.99. The molecule has 0 N–H and O–H groups in total. The molecule has 8 heteroatoms. The number of hydrogen-bond acceptors (Lipinski definition) is 4. The predicted octanol–water partition coefficient (Wildman–Crippen LogP) is 6.05. The van der Waals surface area contributed by atoms with E-state index in [0.29, 0.717) is 16.7 Å². The highest BCUT2D eigenvalue weighted by molar-refractivity contribution is 9.11. The molecule has 1 heterocycles. The Labute approximate surface area is 188 Å². The average Bonchev–Trinajstić information content (AvgIpc) is 2.65. The van der Waals surface area contributed by atoms with Gasteiger partial charge in [0.1, 0.15) is 11.6 Å². The Bertz CT molecular complexity index is 1100. The van der Waals surface area contributed by atoms with Gasteiger partial charge in [-0.25, -0.2) is 4.98 Å².